The number of nitrogens with one attached hydrogen (secondary N) is 1. The molecule has 2 heterocycles. The van der Waals surface area contributed by atoms with Crippen molar-refractivity contribution in [3.8, 4) is 0 Å². The van der Waals surface area contributed by atoms with Gasteiger partial charge in [0, 0.05) is 6.42 Å². The van der Waals surface area contributed by atoms with Crippen LogP contribution in [0.2, 0.25) is 18.1 Å². The van der Waals surface area contributed by atoms with Crippen LogP contribution in [0.15, 0.2) is 22.8 Å². The van der Waals surface area contributed by atoms with Crippen molar-refractivity contribution >= 4 is 42.1 Å². The number of likely N-dealkylation sites (tertiary alicyclic amines) is 1. The number of nitrogens with zero attached hydrogens (tertiary/aromatic N) is 2. The average molecular weight is 533 g/mol. The van der Waals surface area contributed by atoms with Gasteiger partial charge in [-0.2, -0.15) is 0 Å². The van der Waals surface area contributed by atoms with Crippen molar-refractivity contribution in [2.24, 2.45) is 0 Å². The molecule has 2 rings (SSSR count). The number of hydrogen-bond acceptors (Lipinski definition) is 5. The second-order valence-corrected chi connectivity index (χ2v) is 16.5. The Bertz CT molecular complexity index is 856. The van der Waals surface area contributed by atoms with Crippen molar-refractivity contribution in [2.45, 2.75) is 83.4 Å². The number of aromatic nitrogens is 1. The third-order valence-electron chi connectivity index (χ3n) is 5.78. The fraction of sp³-hybridized carbons (Fsp3) is 0.682. The minimum absolute atomic E-state index is 0.0873. The van der Waals surface area contributed by atoms with Gasteiger partial charge in [-0.25, -0.2) is 14.2 Å². The number of carbonyl (C=O) groups excluding carboxylic acids is 2. The zero-order valence-electron chi connectivity index (χ0n) is 20.2. The van der Waals surface area contributed by atoms with Crippen LogP contribution in [0.25, 0.3) is 0 Å². The molecule has 2 amide bonds. The van der Waals surface area contributed by atoms with Gasteiger partial charge in [0.2, 0.25) is 5.91 Å². The standard InChI is InChI=1S/C22H35BrFN3O4Si/c1-20(2,3)31-19(29)27-13-22(24,14-30-32(7,8)21(4,5)6)12-15(27)18(28)26-17-11-9-10-16(23)25-17/h9-11,15H,12-14H2,1-8H3,(H,25,26,28)/t15-,22+/m0/s1. The van der Waals surface area contributed by atoms with E-state index in [0.29, 0.717) is 10.4 Å². The lowest BCUT2D eigenvalue weighted by Crippen LogP contribution is -2.47. The molecule has 1 aliphatic heterocycles. The first-order chi connectivity index (χ1) is 14.4. The summed E-state index contributed by atoms with van der Waals surface area (Å²) in [7, 11) is -2.21. The number of anilines is 1. The van der Waals surface area contributed by atoms with Crippen molar-refractivity contribution in [2.75, 3.05) is 18.5 Å². The molecule has 10 heteroatoms. The number of carbonyl (C=O) groups is 2. The van der Waals surface area contributed by atoms with Crippen LogP contribution in [0.1, 0.15) is 48.0 Å². The van der Waals surface area contributed by atoms with Crippen LogP contribution in [-0.2, 0) is 14.0 Å². The molecule has 1 aromatic heterocycles. The quantitative estimate of drug-likeness (QED) is 0.399. The normalized spacial score (nSPS) is 22.1. The fourth-order valence-electron chi connectivity index (χ4n) is 3.00. The van der Waals surface area contributed by atoms with Gasteiger partial charge in [-0.3, -0.25) is 9.69 Å². The molecule has 0 bridgehead atoms. The highest BCUT2D eigenvalue weighted by Gasteiger charge is 2.52. The molecule has 1 saturated heterocycles. The van der Waals surface area contributed by atoms with Crippen LogP contribution < -0.4 is 5.32 Å². The number of amides is 2. The predicted octanol–water partition coefficient (Wildman–Crippen LogP) is 5.52. The maximum Gasteiger partial charge on any atom is 0.411 e. The van der Waals surface area contributed by atoms with Gasteiger partial charge in [0.05, 0.1) is 13.2 Å². The van der Waals surface area contributed by atoms with E-state index in [4.69, 9.17) is 9.16 Å². The zero-order valence-corrected chi connectivity index (χ0v) is 22.8. The second kappa shape index (κ2) is 9.38. The molecule has 180 valence electrons. The van der Waals surface area contributed by atoms with E-state index in [-0.39, 0.29) is 24.6 Å². The smallest absolute Gasteiger partial charge is 0.411 e. The van der Waals surface area contributed by atoms with Crippen molar-refractivity contribution in [3.63, 3.8) is 0 Å². The molecule has 0 aliphatic carbocycles. The lowest BCUT2D eigenvalue weighted by atomic mass is 10.0. The molecule has 0 aromatic carbocycles. The van der Waals surface area contributed by atoms with Crippen LogP contribution in [0, 0.1) is 0 Å². The first kappa shape index (κ1) is 26.7. The maximum absolute atomic E-state index is 15.9. The van der Waals surface area contributed by atoms with Crippen LogP contribution in [0.5, 0.6) is 0 Å². The summed E-state index contributed by atoms with van der Waals surface area (Å²) in [6.45, 7) is 15.0. The summed E-state index contributed by atoms with van der Waals surface area (Å²) < 4.78 is 28.0. The van der Waals surface area contributed by atoms with Gasteiger partial charge in [-0.1, -0.05) is 26.8 Å². The fourth-order valence-corrected chi connectivity index (χ4v) is 4.40. The molecule has 2 atom stereocenters. The van der Waals surface area contributed by atoms with Crippen molar-refractivity contribution in [3.05, 3.63) is 22.8 Å². The molecule has 1 aliphatic rings. The van der Waals surface area contributed by atoms with Gasteiger partial charge in [-0.05, 0) is 67.0 Å². The van der Waals surface area contributed by atoms with Crippen LogP contribution in [0.3, 0.4) is 0 Å². The number of halogens is 2. The first-order valence-electron chi connectivity index (χ1n) is 10.7. The Morgan fingerprint density at radius 1 is 1.28 bits per heavy atom. The largest absolute Gasteiger partial charge is 0.444 e. The van der Waals surface area contributed by atoms with Gasteiger partial charge in [0.15, 0.2) is 14.0 Å². The molecule has 0 unspecified atom stereocenters. The number of hydrogen-bond donors (Lipinski definition) is 1. The monoisotopic (exact) mass is 531 g/mol. The minimum atomic E-state index is -2.21. The lowest BCUT2D eigenvalue weighted by Gasteiger charge is -2.37. The summed E-state index contributed by atoms with van der Waals surface area (Å²) in [5, 5.41) is 2.59. The molecular formula is C22H35BrFN3O4Si. The Morgan fingerprint density at radius 2 is 1.91 bits per heavy atom. The summed E-state index contributed by atoms with van der Waals surface area (Å²) in [6, 6.07) is 4.03. The van der Waals surface area contributed by atoms with E-state index in [1.54, 1.807) is 39.0 Å². The van der Waals surface area contributed by atoms with Crippen LogP contribution in [0.4, 0.5) is 15.0 Å². The minimum Gasteiger partial charge on any atom is -0.444 e. The molecule has 0 spiro atoms. The summed E-state index contributed by atoms with van der Waals surface area (Å²) >= 11 is 3.26. The highest BCUT2D eigenvalue weighted by atomic mass is 79.9. The van der Waals surface area contributed by atoms with E-state index in [0.717, 1.165) is 4.90 Å². The van der Waals surface area contributed by atoms with Gasteiger partial charge < -0.3 is 14.5 Å². The highest BCUT2D eigenvalue weighted by molar-refractivity contribution is 9.10. The summed E-state index contributed by atoms with van der Waals surface area (Å²) in [4.78, 5) is 31.2. The molecule has 0 saturated carbocycles. The molecule has 1 aromatic rings. The number of rotatable bonds is 5. The van der Waals surface area contributed by atoms with Gasteiger partial charge in [0.25, 0.3) is 0 Å². The van der Waals surface area contributed by atoms with E-state index < -0.39 is 37.6 Å². The number of ether oxygens (including phenoxy) is 1. The van der Waals surface area contributed by atoms with E-state index >= 15 is 4.39 Å². The maximum atomic E-state index is 15.9. The van der Waals surface area contributed by atoms with Crippen molar-refractivity contribution in [1.82, 2.24) is 9.88 Å². The SMILES string of the molecule is CC(C)(C)OC(=O)N1C[C@@](F)(CO[Si](C)(C)C(C)(C)C)C[C@H]1C(=O)Nc1cccc(Br)n1. The Kier molecular flexibility index (Phi) is 7.84. The Morgan fingerprint density at radius 3 is 2.44 bits per heavy atom. The molecule has 32 heavy (non-hydrogen) atoms. The van der Waals surface area contributed by atoms with E-state index in [2.05, 4.69) is 47.0 Å². The van der Waals surface area contributed by atoms with Crippen LogP contribution in [-0.4, -0.2) is 60.7 Å². The average Bonchev–Trinajstić information content (AvgIpc) is 2.97. The van der Waals surface area contributed by atoms with Gasteiger partial charge in [-0.15, -0.1) is 0 Å². The Balaban J connectivity index is 2.24. The van der Waals surface area contributed by atoms with Gasteiger partial charge >= 0.3 is 6.09 Å². The van der Waals surface area contributed by atoms with E-state index in [1.165, 1.54) is 0 Å². The summed E-state index contributed by atoms with van der Waals surface area (Å²) in [5.74, 6) is -0.212. The number of alkyl halides is 1. The van der Waals surface area contributed by atoms with Gasteiger partial charge in [0.1, 0.15) is 22.1 Å². The lowest BCUT2D eigenvalue weighted by molar-refractivity contribution is -0.120. The third kappa shape index (κ3) is 6.99. The number of pyridine rings is 1. The van der Waals surface area contributed by atoms with E-state index in [1.807, 2.05) is 13.1 Å². The molecular weight excluding hydrogens is 497 g/mol. The third-order valence-corrected chi connectivity index (χ3v) is 10.7. The van der Waals surface area contributed by atoms with E-state index in [9.17, 15) is 9.59 Å². The topological polar surface area (TPSA) is 80.8 Å². The second-order valence-electron chi connectivity index (χ2n) is 10.9. The predicted molar refractivity (Wildman–Crippen MR) is 129 cm³/mol. The molecule has 1 fully saturated rings. The molecule has 1 N–H and O–H groups in total. The summed E-state index contributed by atoms with van der Waals surface area (Å²) in [6.07, 6.45) is -0.910. The summed E-state index contributed by atoms with van der Waals surface area (Å²) in [5.41, 5.74) is -2.64. The first-order valence-corrected chi connectivity index (χ1v) is 14.4. The molecule has 7 nitrogen and oxygen atoms in total. The molecule has 0 radical (unpaired) electrons. The van der Waals surface area contributed by atoms with Crippen molar-refractivity contribution < 1.29 is 23.1 Å². The highest BCUT2D eigenvalue weighted by Crippen LogP contribution is 2.39. The Hall–Kier alpha value is -1.52. The van der Waals surface area contributed by atoms with Crippen molar-refractivity contribution in [1.29, 1.82) is 0 Å². The Labute approximate surface area is 199 Å². The van der Waals surface area contributed by atoms with Crippen LogP contribution >= 0.6 is 15.9 Å². The zero-order chi connectivity index (χ0) is 24.5.